The van der Waals surface area contributed by atoms with Crippen molar-refractivity contribution in [2.24, 2.45) is 10.2 Å². The van der Waals surface area contributed by atoms with E-state index in [1.54, 1.807) is 37.3 Å². The number of hydrogen-bond acceptors (Lipinski definition) is 8. The molecule has 0 saturated heterocycles. The van der Waals surface area contributed by atoms with Crippen molar-refractivity contribution in [2.45, 2.75) is 26.7 Å². The zero-order valence-electron chi connectivity index (χ0n) is 24.4. The van der Waals surface area contributed by atoms with Gasteiger partial charge in [-0.2, -0.15) is 5.11 Å². The van der Waals surface area contributed by atoms with Gasteiger partial charge in [0.2, 0.25) is 5.88 Å². The van der Waals surface area contributed by atoms with Crippen molar-refractivity contribution in [3.8, 4) is 28.8 Å². The number of carboxylic acids is 1. The molecule has 0 saturated carbocycles. The third-order valence-electron chi connectivity index (χ3n) is 7.07. The Hall–Kier alpha value is -5.64. The van der Waals surface area contributed by atoms with Crippen LogP contribution in [0.1, 0.15) is 41.3 Å². The van der Waals surface area contributed by atoms with Crippen LogP contribution in [0.5, 0.6) is 23.1 Å². The second-order valence-electron chi connectivity index (χ2n) is 10.4. The van der Waals surface area contributed by atoms with E-state index in [2.05, 4.69) is 10.2 Å². The summed E-state index contributed by atoms with van der Waals surface area (Å²) in [5.41, 5.74) is 0.964. The lowest BCUT2D eigenvalue weighted by atomic mass is 9.97. The second kappa shape index (κ2) is 12.7. The molecule has 1 heterocycles. The van der Waals surface area contributed by atoms with Crippen LogP contribution in [-0.4, -0.2) is 39.1 Å². The lowest BCUT2D eigenvalue weighted by Gasteiger charge is -2.16. The largest absolute Gasteiger partial charge is 0.507 e. The highest BCUT2D eigenvalue weighted by molar-refractivity contribution is 5.94. The Morgan fingerprint density at radius 2 is 1.52 bits per heavy atom. The first-order chi connectivity index (χ1) is 21.2. The zero-order valence-corrected chi connectivity index (χ0v) is 24.4. The summed E-state index contributed by atoms with van der Waals surface area (Å²) >= 11 is 0. The molecule has 0 unspecified atom stereocenters. The van der Waals surface area contributed by atoms with Crippen molar-refractivity contribution in [2.75, 3.05) is 13.2 Å². The van der Waals surface area contributed by atoms with Crippen molar-refractivity contribution in [3.63, 3.8) is 0 Å². The number of pyridine rings is 1. The first kappa shape index (κ1) is 29.8. The number of rotatable bonds is 10. The van der Waals surface area contributed by atoms with Gasteiger partial charge in [0, 0.05) is 22.4 Å². The molecule has 0 atom stereocenters. The average molecular weight is 594 g/mol. The molecule has 0 aliphatic rings. The number of hydrogen-bond donors (Lipinski definition) is 3. The number of nitrogens with zero attached hydrogens (tertiary/aromatic N) is 3. The summed E-state index contributed by atoms with van der Waals surface area (Å²) in [6.45, 7) is 6.20. The first-order valence-electron chi connectivity index (χ1n) is 14.0. The van der Waals surface area contributed by atoms with Gasteiger partial charge in [0.1, 0.15) is 36.1 Å². The molecule has 5 rings (SSSR count). The molecule has 10 nitrogen and oxygen atoms in total. The number of phenols is 1. The summed E-state index contributed by atoms with van der Waals surface area (Å²) in [5.74, 6) is -0.0937. The fourth-order valence-corrected chi connectivity index (χ4v) is 4.85. The predicted octanol–water partition coefficient (Wildman–Crippen LogP) is 7.41. The first-order valence-corrected chi connectivity index (χ1v) is 14.0. The van der Waals surface area contributed by atoms with Crippen molar-refractivity contribution in [1.82, 2.24) is 4.57 Å². The molecule has 5 aromatic rings. The number of carboxylic acid groups (broad SMARTS) is 1. The van der Waals surface area contributed by atoms with Crippen LogP contribution in [0.2, 0.25) is 0 Å². The molecule has 1 aromatic heterocycles. The summed E-state index contributed by atoms with van der Waals surface area (Å²) in [6.07, 6.45) is 0. The maximum absolute atomic E-state index is 12.7. The fraction of sp³-hybridized carbons (Fsp3) is 0.176. The van der Waals surface area contributed by atoms with E-state index in [-0.39, 0.29) is 41.8 Å². The van der Waals surface area contributed by atoms with E-state index in [9.17, 15) is 24.9 Å². The van der Waals surface area contributed by atoms with Crippen molar-refractivity contribution >= 4 is 28.1 Å². The monoisotopic (exact) mass is 593 g/mol. The Bertz CT molecular complexity index is 1930. The van der Waals surface area contributed by atoms with Gasteiger partial charge in [-0.3, -0.25) is 4.79 Å². The summed E-state index contributed by atoms with van der Waals surface area (Å²) in [6, 6.07) is 23.4. The van der Waals surface area contributed by atoms with Gasteiger partial charge in [0.25, 0.3) is 5.56 Å². The van der Waals surface area contributed by atoms with Gasteiger partial charge in [-0.15, -0.1) is 5.11 Å². The Kier molecular flexibility index (Phi) is 8.61. The van der Waals surface area contributed by atoms with Crippen LogP contribution < -0.4 is 15.0 Å². The molecular formula is C34H31N3O7. The standard InChI is InChI=1S/C34H31N3O7/c1-20(2)27-19-29(24-8-4-5-9-25(24)32(27)39)44-17-16-43-23-14-12-22(13-15-23)35-36-31-21(3)18-30(38)37(33(31)40)28-11-7-6-10-26(28)34(41)42/h4-15,18-20,39-40H,16-17H2,1-3H3,(H,41,42). The number of aryl methyl sites for hydroxylation is 1. The van der Waals surface area contributed by atoms with Gasteiger partial charge in [0.05, 0.1) is 16.9 Å². The number of carbonyl (C=O) groups is 1. The minimum absolute atomic E-state index is 0.0170. The number of aromatic nitrogens is 1. The number of para-hydroxylation sites is 1. The molecule has 0 amide bonds. The van der Waals surface area contributed by atoms with E-state index < -0.39 is 17.4 Å². The number of benzene rings is 4. The molecule has 0 aliphatic carbocycles. The Morgan fingerprint density at radius 1 is 0.864 bits per heavy atom. The fourth-order valence-electron chi connectivity index (χ4n) is 4.85. The number of azo groups is 1. The molecule has 0 bridgehead atoms. The molecule has 3 N–H and O–H groups in total. The molecule has 0 radical (unpaired) electrons. The summed E-state index contributed by atoms with van der Waals surface area (Å²) in [5, 5.41) is 41.0. The third-order valence-corrected chi connectivity index (χ3v) is 7.07. The van der Waals surface area contributed by atoms with E-state index >= 15 is 0 Å². The van der Waals surface area contributed by atoms with Gasteiger partial charge in [-0.1, -0.05) is 50.2 Å². The van der Waals surface area contributed by atoms with Crippen LogP contribution in [0.4, 0.5) is 11.4 Å². The maximum Gasteiger partial charge on any atom is 0.337 e. The van der Waals surface area contributed by atoms with Gasteiger partial charge < -0.3 is 24.8 Å². The van der Waals surface area contributed by atoms with Crippen molar-refractivity contribution in [3.05, 3.63) is 112 Å². The van der Waals surface area contributed by atoms with Crippen LogP contribution in [0.3, 0.4) is 0 Å². The van der Waals surface area contributed by atoms with Crippen molar-refractivity contribution in [1.29, 1.82) is 0 Å². The van der Waals surface area contributed by atoms with E-state index in [1.807, 2.05) is 44.2 Å². The smallest absolute Gasteiger partial charge is 0.337 e. The highest BCUT2D eigenvalue weighted by Crippen LogP contribution is 2.39. The highest BCUT2D eigenvalue weighted by atomic mass is 16.5. The zero-order chi connectivity index (χ0) is 31.4. The summed E-state index contributed by atoms with van der Waals surface area (Å²) in [4.78, 5) is 24.4. The Balaban J connectivity index is 1.27. The van der Waals surface area contributed by atoms with Crippen molar-refractivity contribution < 1.29 is 29.6 Å². The van der Waals surface area contributed by atoms with E-state index in [1.165, 1.54) is 24.3 Å². The van der Waals surface area contributed by atoms with Gasteiger partial charge >= 0.3 is 5.97 Å². The third kappa shape index (κ3) is 6.10. The molecule has 44 heavy (non-hydrogen) atoms. The number of fused-ring (bicyclic) bond motifs is 1. The molecule has 0 fully saturated rings. The molecule has 4 aromatic carbocycles. The minimum atomic E-state index is -1.24. The number of aromatic hydroxyl groups is 2. The topological polar surface area (TPSA) is 143 Å². The molecule has 0 spiro atoms. The van der Waals surface area contributed by atoms with Crippen LogP contribution in [0, 0.1) is 6.92 Å². The predicted molar refractivity (Wildman–Crippen MR) is 167 cm³/mol. The van der Waals surface area contributed by atoms with Crippen LogP contribution in [0.25, 0.3) is 16.5 Å². The number of ether oxygens (including phenoxy) is 2. The molecule has 10 heteroatoms. The average Bonchev–Trinajstić information content (AvgIpc) is 3.00. The molecule has 0 aliphatic heterocycles. The maximum atomic E-state index is 12.7. The Morgan fingerprint density at radius 3 is 2.23 bits per heavy atom. The highest BCUT2D eigenvalue weighted by Gasteiger charge is 2.19. The quantitative estimate of drug-likeness (QED) is 0.113. The molecule has 224 valence electrons. The number of aromatic carboxylic acids is 1. The van der Waals surface area contributed by atoms with E-state index in [0.29, 0.717) is 22.7 Å². The van der Waals surface area contributed by atoms with Crippen LogP contribution in [-0.2, 0) is 0 Å². The van der Waals surface area contributed by atoms with Gasteiger partial charge in [-0.05, 0) is 60.9 Å². The summed E-state index contributed by atoms with van der Waals surface area (Å²) in [7, 11) is 0. The number of phenolic OH excluding ortho intramolecular Hbond substituents is 1. The SMILES string of the molecule is Cc1cc(=O)n(-c2ccccc2C(=O)O)c(O)c1N=Nc1ccc(OCCOc2cc(C(C)C)c(O)c3ccccc23)cc1. The summed E-state index contributed by atoms with van der Waals surface area (Å²) < 4.78 is 12.8. The van der Waals surface area contributed by atoms with E-state index in [0.717, 1.165) is 20.9 Å². The van der Waals surface area contributed by atoms with Crippen LogP contribution >= 0.6 is 0 Å². The lowest BCUT2D eigenvalue weighted by molar-refractivity contribution is 0.0697. The molecular weight excluding hydrogens is 562 g/mol. The van der Waals surface area contributed by atoms with Gasteiger partial charge in [0.15, 0.2) is 0 Å². The van der Waals surface area contributed by atoms with Crippen LogP contribution in [0.15, 0.2) is 100.0 Å². The van der Waals surface area contributed by atoms with Gasteiger partial charge in [-0.25, -0.2) is 9.36 Å². The Labute approximate surface area is 253 Å². The normalized spacial score (nSPS) is 11.4. The second-order valence-corrected chi connectivity index (χ2v) is 10.4. The van der Waals surface area contributed by atoms with E-state index in [4.69, 9.17) is 9.47 Å². The minimum Gasteiger partial charge on any atom is -0.507 e. The lowest BCUT2D eigenvalue weighted by Crippen LogP contribution is -2.20.